The Labute approximate surface area is 157 Å². The lowest BCUT2D eigenvalue weighted by atomic mass is 10.0. The summed E-state index contributed by atoms with van der Waals surface area (Å²) in [6, 6.07) is 6.01. The summed E-state index contributed by atoms with van der Waals surface area (Å²) in [4.78, 5) is 37.5. The Kier molecular flexibility index (Phi) is 6.24. The SMILES string of the molecule is CC(C)(C)OC(=O)N(Cc1ccccc1[N+](=O)[O-])C1CCN(C(=O)O)CC1. The molecule has 9 nitrogen and oxygen atoms in total. The number of rotatable bonds is 4. The molecule has 9 heteroatoms. The number of carbonyl (C=O) groups excluding carboxylic acids is 1. The van der Waals surface area contributed by atoms with Crippen LogP contribution in [0, 0.1) is 10.1 Å². The van der Waals surface area contributed by atoms with Crippen LogP contribution in [0.15, 0.2) is 24.3 Å². The molecule has 0 spiro atoms. The third-order valence-electron chi connectivity index (χ3n) is 4.33. The first-order chi connectivity index (χ1) is 12.6. The number of carboxylic acid groups (broad SMARTS) is 1. The first-order valence-electron chi connectivity index (χ1n) is 8.78. The van der Waals surface area contributed by atoms with Crippen molar-refractivity contribution in [2.24, 2.45) is 0 Å². The number of hydrogen-bond acceptors (Lipinski definition) is 5. The fourth-order valence-corrected chi connectivity index (χ4v) is 3.04. The maximum Gasteiger partial charge on any atom is 0.410 e. The lowest BCUT2D eigenvalue weighted by Gasteiger charge is -2.38. The molecule has 1 heterocycles. The second-order valence-electron chi connectivity index (χ2n) is 7.49. The molecule has 0 unspecified atom stereocenters. The van der Waals surface area contributed by atoms with Crippen LogP contribution in [0.4, 0.5) is 15.3 Å². The monoisotopic (exact) mass is 379 g/mol. The van der Waals surface area contributed by atoms with E-state index in [0.29, 0.717) is 31.5 Å². The zero-order chi connectivity index (χ0) is 20.2. The van der Waals surface area contributed by atoms with Gasteiger partial charge in [-0.05, 0) is 33.6 Å². The highest BCUT2D eigenvalue weighted by Gasteiger charge is 2.33. The number of hydrogen-bond donors (Lipinski definition) is 1. The molecule has 0 aliphatic carbocycles. The van der Waals surface area contributed by atoms with E-state index in [1.54, 1.807) is 39.0 Å². The van der Waals surface area contributed by atoms with Gasteiger partial charge in [0.2, 0.25) is 0 Å². The Hall–Kier alpha value is -2.84. The Morgan fingerprint density at radius 1 is 1.30 bits per heavy atom. The number of nitrogens with zero attached hydrogens (tertiary/aromatic N) is 3. The van der Waals surface area contributed by atoms with Crippen molar-refractivity contribution >= 4 is 17.9 Å². The number of ether oxygens (including phenoxy) is 1. The van der Waals surface area contributed by atoms with E-state index < -0.39 is 22.7 Å². The molecular formula is C18H25N3O6. The van der Waals surface area contributed by atoms with E-state index in [0.717, 1.165) is 0 Å². The van der Waals surface area contributed by atoms with E-state index in [1.807, 2.05) is 0 Å². The standard InChI is InChI=1S/C18H25N3O6/c1-18(2,3)27-17(24)20(14-8-10-19(11-9-14)16(22)23)12-13-6-4-5-7-15(13)21(25)26/h4-7,14H,8-12H2,1-3H3,(H,22,23). The smallest absolute Gasteiger partial charge is 0.410 e. The van der Waals surface area contributed by atoms with Crippen LogP contribution in [-0.4, -0.2) is 56.7 Å². The van der Waals surface area contributed by atoms with Crippen molar-refractivity contribution in [3.8, 4) is 0 Å². The van der Waals surface area contributed by atoms with E-state index in [4.69, 9.17) is 9.84 Å². The van der Waals surface area contributed by atoms with Crippen LogP contribution in [0.3, 0.4) is 0 Å². The molecule has 0 radical (unpaired) electrons. The molecule has 1 fully saturated rings. The lowest BCUT2D eigenvalue weighted by molar-refractivity contribution is -0.385. The summed E-state index contributed by atoms with van der Waals surface area (Å²) in [5, 5.41) is 20.4. The number of amides is 2. The van der Waals surface area contributed by atoms with Crippen LogP contribution in [0.5, 0.6) is 0 Å². The van der Waals surface area contributed by atoms with E-state index in [2.05, 4.69) is 0 Å². The molecule has 27 heavy (non-hydrogen) atoms. The van der Waals surface area contributed by atoms with Crippen LogP contribution in [0.2, 0.25) is 0 Å². The van der Waals surface area contributed by atoms with E-state index in [9.17, 15) is 19.7 Å². The van der Waals surface area contributed by atoms with Crippen LogP contribution in [0.1, 0.15) is 39.2 Å². The number of nitro groups is 1. The number of benzene rings is 1. The van der Waals surface area contributed by atoms with Gasteiger partial charge in [-0.1, -0.05) is 18.2 Å². The minimum absolute atomic E-state index is 0.0316. The molecule has 0 aromatic heterocycles. The van der Waals surface area contributed by atoms with Crippen molar-refractivity contribution in [2.75, 3.05) is 13.1 Å². The number of piperidine rings is 1. The molecule has 0 saturated carbocycles. The fraction of sp³-hybridized carbons (Fsp3) is 0.556. The first kappa shape index (κ1) is 20.5. The van der Waals surface area contributed by atoms with Gasteiger partial charge in [-0.2, -0.15) is 0 Å². The third-order valence-corrected chi connectivity index (χ3v) is 4.33. The highest BCUT2D eigenvalue weighted by atomic mass is 16.6. The number of likely N-dealkylation sites (tertiary alicyclic amines) is 1. The molecule has 0 bridgehead atoms. The average molecular weight is 379 g/mol. The second kappa shape index (κ2) is 8.24. The molecule has 1 aromatic rings. The maximum atomic E-state index is 12.8. The van der Waals surface area contributed by atoms with Gasteiger partial charge in [0.15, 0.2) is 0 Å². The topological polar surface area (TPSA) is 113 Å². The summed E-state index contributed by atoms with van der Waals surface area (Å²) >= 11 is 0. The van der Waals surface area contributed by atoms with Crippen LogP contribution in [-0.2, 0) is 11.3 Å². The predicted molar refractivity (Wildman–Crippen MR) is 97.5 cm³/mol. The quantitative estimate of drug-likeness (QED) is 0.633. The summed E-state index contributed by atoms with van der Waals surface area (Å²) in [6.07, 6.45) is -0.649. The van der Waals surface area contributed by atoms with Gasteiger partial charge < -0.3 is 19.6 Å². The van der Waals surface area contributed by atoms with Crippen molar-refractivity contribution < 1.29 is 24.4 Å². The lowest BCUT2D eigenvalue weighted by Crippen LogP contribution is -2.49. The largest absolute Gasteiger partial charge is 0.465 e. The highest BCUT2D eigenvalue weighted by molar-refractivity contribution is 5.69. The van der Waals surface area contributed by atoms with Crippen molar-refractivity contribution in [1.29, 1.82) is 0 Å². The van der Waals surface area contributed by atoms with Gasteiger partial charge >= 0.3 is 12.2 Å². The molecule has 2 rings (SSSR count). The Morgan fingerprint density at radius 2 is 1.89 bits per heavy atom. The molecule has 1 aliphatic rings. The summed E-state index contributed by atoms with van der Waals surface area (Å²) in [6.45, 7) is 5.89. The van der Waals surface area contributed by atoms with Gasteiger partial charge in [0, 0.05) is 30.8 Å². The molecule has 148 valence electrons. The van der Waals surface area contributed by atoms with Gasteiger partial charge in [0.05, 0.1) is 11.5 Å². The van der Waals surface area contributed by atoms with E-state index in [-0.39, 0.29) is 18.3 Å². The van der Waals surface area contributed by atoms with Crippen LogP contribution >= 0.6 is 0 Å². The number of carbonyl (C=O) groups is 2. The zero-order valence-electron chi connectivity index (χ0n) is 15.8. The van der Waals surface area contributed by atoms with Gasteiger partial charge in [-0.25, -0.2) is 9.59 Å². The van der Waals surface area contributed by atoms with Crippen LogP contribution < -0.4 is 0 Å². The molecular weight excluding hydrogens is 354 g/mol. The van der Waals surface area contributed by atoms with Crippen molar-refractivity contribution in [3.63, 3.8) is 0 Å². The highest BCUT2D eigenvalue weighted by Crippen LogP contribution is 2.25. The van der Waals surface area contributed by atoms with Gasteiger partial charge in [-0.15, -0.1) is 0 Å². The third kappa shape index (κ3) is 5.57. The average Bonchev–Trinajstić information content (AvgIpc) is 2.58. The predicted octanol–water partition coefficient (Wildman–Crippen LogP) is 3.47. The normalized spacial score (nSPS) is 15.3. The molecule has 1 aliphatic heterocycles. The molecule has 1 aromatic carbocycles. The van der Waals surface area contributed by atoms with E-state index >= 15 is 0 Å². The molecule has 0 atom stereocenters. The summed E-state index contributed by atoms with van der Waals surface area (Å²) in [5.41, 5.74) is -0.359. The molecule has 2 amide bonds. The summed E-state index contributed by atoms with van der Waals surface area (Å²) < 4.78 is 5.49. The Morgan fingerprint density at radius 3 is 2.41 bits per heavy atom. The number of nitro benzene ring substituents is 1. The summed E-state index contributed by atoms with van der Waals surface area (Å²) in [7, 11) is 0. The van der Waals surface area contributed by atoms with Crippen molar-refractivity contribution in [2.45, 2.75) is 51.8 Å². The second-order valence-corrected chi connectivity index (χ2v) is 7.49. The van der Waals surface area contributed by atoms with Gasteiger partial charge in [0.25, 0.3) is 5.69 Å². The molecule has 1 saturated heterocycles. The van der Waals surface area contributed by atoms with E-state index in [1.165, 1.54) is 15.9 Å². The number of para-hydroxylation sites is 1. The minimum atomic E-state index is -0.990. The Balaban J connectivity index is 2.24. The minimum Gasteiger partial charge on any atom is -0.465 e. The maximum absolute atomic E-state index is 12.8. The first-order valence-corrected chi connectivity index (χ1v) is 8.78. The van der Waals surface area contributed by atoms with Gasteiger partial charge in [-0.3, -0.25) is 10.1 Å². The Bertz CT molecular complexity index is 707. The zero-order valence-corrected chi connectivity index (χ0v) is 15.8. The summed E-state index contributed by atoms with van der Waals surface area (Å²) in [5.74, 6) is 0. The molecule has 1 N–H and O–H groups in total. The van der Waals surface area contributed by atoms with Crippen molar-refractivity contribution in [3.05, 3.63) is 39.9 Å². The van der Waals surface area contributed by atoms with Crippen LogP contribution in [0.25, 0.3) is 0 Å². The van der Waals surface area contributed by atoms with Crippen molar-refractivity contribution in [1.82, 2.24) is 9.80 Å². The van der Waals surface area contributed by atoms with Gasteiger partial charge in [0.1, 0.15) is 5.60 Å². The fourth-order valence-electron chi connectivity index (χ4n) is 3.04.